The third-order valence-corrected chi connectivity index (χ3v) is 2.68. The van der Waals surface area contributed by atoms with E-state index < -0.39 is 0 Å². The Hall–Kier alpha value is -2.56. The lowest BCUT2D eigenvalue weighted by atomic mass is 10.2. The van der Waals surface area contributed by atoms with E-state index in [1.54, 1.807) is 17.1 Å². The molecule has 0 aliphatic heterocycles. The average molecular weight is 287 g/mol. The summed E-state index contributed by atoms with van der Waals surface area (Å²) in [5, 5.41) is 5.40. The molecule has 0 radical (unpaired) electrons. The number of hydrogen-bond acceptors (Lipinski definition) is 3. The summed E-state index contributed by atoms with van der Waals surface area (Å²) in [6.07, 6.45) is 3.23. The van der Waals surface area contributed by atoms with Crippen LogP contribution < -0.4 is 15.5 Å². The van der Waals surface area contributed by atoms with Crippen molar-refractivity contribution in [2.45, 2.75) is 0 Å². The summed E-state index contributed by atoms with van der Waals surface area (Å²) in [7, 11) is 0. The van der Waals surface area contributed by atoms with E-state index in [1.807, 2.05) is 30.3 Å². The molecule has 0 aliphatic carbocycles. The van der Waals surface area contributed by atoms with Gasteiger partial charge in [-0.3, -0.25) is 9.59 Å². The van der Waals surface area contributed by atoms with Gasteiger partial charge in [-0.1, -0.05) is 30.4 Å². The van der Waals surface area contributed by atoms with E-state index in [0.717, 1.165) is 5.69 Å². The summed E-state index contributed by atoms with van der Waals surface area (Å²) in [5.74, 6) is -0.314. The molecule has 2 amide bonds. The maximum absolute atomic E-state index is 11.8. The second-order valence-corrected chi connectivity index (χ2v) is 4.38. The van der Waals surface area contributed by atoms with Crippen molar-refractivity contribution in [3.63, 3.8) is 0 Å². The molecule has 0 aliphatic rings. The Morgan fingerprint density at radius 3 is 1.86 bits per heavy atom. The monoisotopic (exact) mass is 287 g/mol. The summed E-state index contributed by atoms with van der Waals surface area (Å²) in [6.45, 7) is 8.14. The van der Waals surface area contributed by atoms with E-state index in [1.165, 1.54) is 0 Å². The van der Waals surface area contributed by atoms with E-state index in [-0.39, 0.29) is 24.9 Å². The van der Waals surface area contributed by atoms with Gasteiger partial charge in [0.1, 0.15) is 0 Å². The van der Waals surface area contributed by atoms with Crippen LogP contribution in [-0.4, -0.2) is 38.0 Å². The highest BCUT2D eigenvalue weighted by molar-refractivity contribution is 5.86. The Bertz CT molecular complexity index is 460. The molecule has 2 N–H and O–H groups in total. The number of anilines is 1. The first-order valence-electron chi connectivity index (χ1n) is 6.72. The van der Waals surface area contributed by atoms with Crippen LogP contribution in [0.4, 0.5) is 5.69 Å². The quantitative estimate of drug-likeness (QED) is 0.669. The number of amides is 2. The predicted octanol–water partition coefficient (Wildman–Crippen LogP) is 1.10. The zero-order chi connectivity index (χ0) is 15.5. The van der Waals surface area contributed by atoms with Crippen molar-refractivity contribution in [2.75, 3.05) is 31.1 Å². The van der Waals surface area contributed by atoms with E-state index in [0.29, 0.717) is 13.1 Å². The summed E-state index contributed by atoms with van der Waals surface area (Å²) in [5.41, 5.74) is 0.819. The van der Waals surface area contributed by atoms with Crippen LogP contribution in [0.2, 0.25) is 0 Å². The zero-order valence-corrected chi connectivity index (χ0v) is 12.0. The zero-order valence-electron chi connectivity index (χ0n) is 12.0. The van der Waals surface area contributed by atoms with Crippen LogP contribution >= 0.6 is 0 Å². The number of carbonyl (C=O) groups is 2. The molecule has 0 unspecified atom stereocenters. The lowest BCUT2D eigenvalue weighted by Crippen LogP contribution is -2.43. The van der Waals surface area contributed by atoms with Crippen LogP contribution in [0, 0.1) is 0 Å². The molecule has 1 rings (SSSR count). The van der Waals surface area contributed by atoms with E-state index in [2.05, 4.69) is 23.8 Å². The van der Waals surface area contributed by atoms with Gasteiger partial charge in [0.25, 0.3) is 0 Å². The van der Waals surface area contributed by atoms with Crippen molar-refractivity contribution in [1.29, 1.82) is 0 Å². The molecule has 112 valence electrons. The molecular formula is C16H21N3O2. The number of para-hydroxylation sites is 1. The summed E-state index contributed by atoms with van der Waals surface area (Å²) < 4.78 is 0. The molecule has 0 atom stereocenters. The Morgan fingerprint density at radius 2 is 1.43 bits per heavy atom. The van der Waals surface area contributed by atoms with Gasteiger partial charge in [-0.25, -0.2) is 0 Å². The number of carbonyl (C=O) groups excluding carboxylic acids is 2. The maximum atomic E-state index is 11.8. The number of benzene rings is 1. The van der Waals surface area contributed by atoms with Gasteiger partial charge >= 0.3 is 0 Å². The van der Waals surface area contributed by atoms with Crippen LogP contribution in [0.25, 0.3) is 0 Å². The van der Waals surface area contributed by atoms with Crippen molar-refractivity contribution in [3.8, 4) is 0 Å². The van der Waals surface area contributed by atoms with Gasteiger partial charge in [0, 0.05) is 18.8 Å². The largest absolute Gasteiger partial charge is 0.353 e. The van der Waals surface area contributed by atoms with Gasteiger partial charge < -0.3 is 15.5 Å². The first kappa shape index (κ1) is 16.5. The number of hydrogen-bond donors (Lipinski definition) is 2. The minimum atomic E-state index is -0.157. The number of rotatable bonds is 9. The Balaban J connectivity index is 2.70. The van der Waals surface area contributed by atoms with Crippen LogP contribution in [0.15, 0.2) is 55.6 Å². The lowest BCUT2D eigenvalue weighted by molar-refractivity contribution is -0.120. The fraction of sp³-hybridized carbons (Fsp3) is 0.250. The minimum absolute atomic E-state index is 0.110. The van der Waals surface area contributed by atoms with Crippen LogP contribution in [0.5, 0.6) is 0 Å². The van der Waals surface area contributed by atoms with Gasteiger partial charge in [0.2, 0.25) is 11.8 Å². The third kappa shape index (κ3) is 6.42. The van der Waals surface area contributed by atoms with Crippen molar-refractivity contribution >= 4 is 17.5 Å². The summed E-state index contributed by atoms with van der Waals surface area (Å²) in [4.78, 5) is 25.4. The van der Waals surface area contributed by atoms with Gasteiger partial charge in [0.15, 0.2) is 0 Å². The summed E-state index contributed by atoms with van der Waals surface area (Å²) >= 11 is 0. The molecular weight excluding hydrogens is 266 g/mol. The summed E-state index contributed by atoms with van der Waals surface area (Å²) in [6, 6.07) is 9.34. The van der Waals surface area contributed by atoms with Gasteiger partial charge in [-0.15, -0.1) is 13.2 Å². The van der Waals surface area contributed by atoms with E-state index in [9.17, 15) is 9.59 Å². The highest BCUT2D eigenvalue weighted by Crippen LogP contribution is 2.12. The minimum Gasteiger partial charge on any atom is -0.353 e. The fourth-order valence-electron chi connectivity index (χ4n) is 1.71. The molecule has 0 heterocycles. The lowest BCUT2D eigenvalue weighted by Gasteiger charge is -2.23. The first-order chi connectivity index (χ1) is 10.2. The maximum Gasteiger partial charge on any atom is 0.239 e. The Kier molecular flexibility index (Phi) is 7.35. The fourth-order valence-corrected chi connectivity index (χ4v) is 1.71. The molecule has 1 aromatic rings. The first-order valence-corrected chi connectivity index (χ1v) is 6.72. The highest BCUT2D eigenvalue weighted by atomic mass is 16.2. The number of nitrogens with one attached hydrogen (secondary N) is 2. The van der Waals surface area contributed by atoms with Crippen LogP contribution in [0.1, 0.15) is 0 Å². The number of nitrogens with zero attached hydrogens (tertiary/aromatic N) is 1. The van der Waals surface area contributed by atoms with Gasteiger partial charge in [0.05, 0.1) is 13.1 Å². The molecule has 0 saturated carbocycles. The van der Waals surface area contributed by atoms with Crippen LogP contribution in [0.3, 0.4) is 0 Å². The molecule has 0 aromatic heterocycles. The Labute approximate surface area is 125 Å². The molecule has 0 bridgehead atoms. The van der Waals surface area contributed by atoms with Crippen molar-refractivity contribution in [3.05, 3.63) is 55.6 Å². The molecule has 21 heavy (non-hydrogen) atoms. The topological polar surface area (TPSA) is 61.4 Å². The molecule has 5 heteroatoms. The molecule has 0 saturated heterocycles. The molecule has 0 spiro atoms. The smallest absolute Gasteiger partial charge is 0.239 e. The van der Waals surface area contributed by atoms with E-state index in [4.69, 9.17) is 0 Å². The van der Waals surface area contributed by atoms with Gasteiger partial charge in [-0.05, 0) is 12.1 Å². The van der Waals surface area contributed by atoms with Crippen molar-refractivity contribution in [2.24, 2.45) is 0 Å². The van der Waals surface area contributed by atoms with Crippen LogP contribution in [-0.2, 0) is 9.59 Å². The van der Waals surface area contributed by atoms with Gasteiger partial charge in [-0.2, -0.15) is 0 Å². The second-order valence-electron chi connectivity index (χ2n) is 4.38. The SMILES string of the molecule is C=CCNC(=O)CN(CC(=O)NCC=C)c1ccccc1. The predicted molar refractivity (Wildman–Crippen MR) is 85.1 cm³/mol. The normalized spacial score (nSPS) is 9.52. The average Bonchev–Trinajstić information content (AvgIpc) is 2.51. The Morgan fingerprint density at radius 1 is 0.952 bits per heavy atom. The molecule has 5 nitrogen and oxygen atoms in total. The highest BCUT2D eigenvalue weighted by Gasteiger charge is 2.14. The third-order valence-electron chi connectivity index (χ3n) is 2.68. The van der Waals surface area contributed by atoms with E-state index >= 15 is 0 Å². The van der Waals surface area contributed by atoms with Crippen molar-refractivity contribution < 1.29 is 9.59 Å². The molecule has 1 aromatic carbocycles. The van der Waals surface area contributed by atoms with Crippen molar-refractivity contribution in [1.82, 2.24) is 10.6 Å². The second kappa shape index (κ2) is 9.36. The molecule has 0 fully saturated rings. The standard InChI is InChI=1S/C16H21N3O2/c1-3-10-17-15(20)12-19(13-16(21)18-11-4-2)14-8-6-5-7-9-14/h3-9H,1-2,10-13H2,(H,17,20)(H,18,21).